The second kappa shape index (κ2) is 7.37. The normalized spacial score (nSPS) is 27.9. The van der Waals surface area contributed by atoms with E-state index in [1.165, 1.54) is 17.7 Å². The van der Waals surface area contributed by atoms with E-state index in [-0.39, 0.29) is 30.8 Å². The molecule has 4 atom stereocenters. The predicted octanol–water partition coefficient (Wildman–Crippen LogP) is 2.75. The first kappa shape index (κ1) is 18.1. The van der Waals surface area contributed by atoms with E-state index >= 15 is 0 Å². The lowest BCUT2D eigenvalue weighted by atomic mass is 9.87. The largest absolute Gasteiger partial charge is 0.365 e. The molecule has 2 N–H and O–H groups in total. The predicted molar refractivity (Wildman–Crippen MR) is 97.3 cm³/mol. The molecule has 6 heteroatoms. The molecule has 142 valence electrons. The average Bonchev–Trinajstić information content (AvgIpc) is 2.69. The van der Waals surface area contributed by atoms with Gasteiger partial charge in [0.1, 0.15) is 18.1 Å². The third-order valence-corrected chi connectivity index (χ3v) is 5.44. The third kappa shape index (κ3) is 3.47. The maximum Gasteiger partial charge on any atom is 0.252 e. The number of benzene rings is 2. The number of carbonyl (C=O) groups excluding carboxylic acids is 1. The van der Waals surface area contributed by atoms with Crippen LogP contribution in [0.25, 0.3) is 0 Å². The smallest absolute Gasteiger partial charge is 0.252 e. The Morgan fingerprint density at radius 3 is 2.63 bits per heavy atom. The highest BCUT2D eigenvalue weighted by Gasteiger charge is 2.39. The van der Waals surface area contributed by atoms with Gasteiger partial charge in [-0.3, -0.25) is 4.79 Å². The summed E-state index contributed by atoms with van der Waals surface area (Å²) in [6.45, 7) is 0.356. The minimum absolute atomic E-state index is 0.161. The van der Waals surface area contributed by atoms with Gasteiger partial charge < -0.3 is 15.4 Å². The zero-order chi connectivity index (χ0) is 19.0. The van der Waals surface area contributed by atoms with Crippen molar-refractivity contribution in [2.24, 2.45) is 5.73 Å². The van der Waals surface area contributed by atoms with Gasteiger partial charge in [-0.05, 0) is 35.2 Å². The van der Waals surface area contributed by atoms with Crippen molar-refractivity contribution in [1.29, 1.82) is 0 Å². The van der Waals surface area contributed by atoms with Crippen LogP contribution in [0.15, 0.2) is 48.5 Å². The summed E-state index contributed by atoms with van der Waals surface area (Å²) in [7, 11) is 0. The second-order valence-electron chi connectivity index (χ2n) is 7.17. The quantitative estimate of drug-likeness (QED) is 0.882. The molecule has 0 bridgehead atoms. The molecule has 4 rings (SSSR count). The second-order valence-corrected chi connectivity index (χ2v) is 7.17. The van der Waals surface area contributed by atoms with Gasteiger partial charge in [-0.25, -0.2) is 8.78 Å². The molecular formula is C21H22F2N2O2. The summed E-state index contributed by atoms with van der Waals surface area (Å²) in [4.78, 5) is 15.0. The number of hydrogen-bond donors (Lipinski definition) is 1. The lowest BCUT2D eigenvalue weighted by Crippen LogP contribution is -2.52. The number of amides is 1. The van der Waals surface area contributed by atoms with Crippen LogP contribution in [0.2, 0.25) is 0 Å². The molecule has 2 aliphatic rings. The van der Waals surface area contributed by atoms with Gasteiger partial charge in [0.05, 0.1) is 12.6 Å². The summed E-state index contributed by atoms with van der Waals surface area (Å²) in [5, 5.41) is 0. The number of nitrogens with zero attached hydrogens (tertiary/aromatic N) is 1. The minimum atomic E-state index is -1.25. The Morgan fingerprint density at radius 1 is 1.15 bits per heavy atom. The molecule has 1 fully saturated rings. The first-order valence-electron chi connectivity index (χ1n) is 9.19. The van der Waals surface area contributed by atoms with E-state index in [1.807, 2.05) is 24.3 Å². The Labute approximate surface area is 156 Å². The monoisotopic (exact) mass is 372 g/mol. The van der Waals surface area contributed by atoms with Crippen molar-refractivity contribution in [2.45, 2.75) is 37.2 Å². The molecule has 2 aliphatic heterocycles. The summed E-state index contributed by atoms with van der Waals surface area (Å²) in [5.41, 5.74) is 8.83. The van der Waals surface area contributed by atoms with Crippen LogP contribution >= 0.6 is 0 Å². The van der Waals surface area contributed by atoms with Gasteiger partial charge in [-0.1, -0.05) is 36.4 Å². The zero-order valence-corrected chi connectivity index (χ0v) is 14.9. The van der Waals surface area contributed by atoms with Gasteiger partial charge in [-0.15, -0.1) is 0 Å². The van der Waals surface area contributed by atoms with Crippen molar-refractivity contribution >= 4 is 5.91 Å². The third-order valence-electron chi connectivity index (χ3n) is 5.44. The van der Waals surface area contributed by atoms with Gasteiger partial charge in [0.2, 0.25) is 0 Å². The van der Waals surface area contributed by atoms with Crippen LogP contribution in [0.4, 0.5) is 8.78 Å². The number of rotatable bonds is 2. The Kier molecular flexibility index (Phi) is 4.93. The van der Waals surface area contributed by atoms with Gasteiger partial charge >= 0.3 is 0 Å². The van der Waals surface area contributed by atoms with Crippen molar-refractivity contribution in [2.75, 3.05) is 13.2 Å². The lowest BCUT2D eigenvalue weighted by molar-refractivity contribution is -0.152. The highest BCUT2D eigenvalue weighted by atomic mass is 19.1. The van der Waals surface area contributed by atoms with Crippen molar-refractivity contribution in [3.8, 4) is 0 Å². The van der Waals surface area contributed by atoms with Crippen molar-refractivity contribution in [1.82, 2.24) is 4.90 Å². The molecule has 4 nitrogen and oxygen atoms in total. The van der Waals surface area contributed by atoms with Crippen LogP contribution in [0.5, 0.6) is 0 Å². The maximum absolute atomic E-state index is 13.6. The van der Waals surface area contributed by atoms with E-state index in [4.69, 9.17) is 10.5 Å². The van der Waals surface area contributed by atoms with Crippen molar-refractivity contribution in [3.05, 3.63) is 71.0 Å². The molecule has 0 saturated carbocycles. The highest BCUT2D eigenvalue weighted by Crippen LogP contribution is 2.36. The molecule has 0 radical (unpaired) electrons. The molecule has 2 aromatic carbocycles. The number of ether oxygens (including phenoxy) is 1. The summed E-state index contributed by atoms with van der Waals surface area (Å²) >= 11 is 0. The summed E-state index contributed by atoms with van der Waals surface area (Å²) in [5.74, 6) is -0.516. The fourth-order valence-corrected chi connectivity index (χ4v) is 3.96. The average molecular weight is 372 g/mol. The van der Waals surface area contributed by atoms with Gasteiger partial charge in [0.15, 0.2) is 0 Å². The molecule has 2 heterocycles. The van der Waals surface area contributed by atoms with E-state index < -0.39 is 18.3 Å². The molecule has 0 aromatic heterocycles. The Morgan fingerprint density at radius 2 is 1.89 bits per heavy atom. The maximum atomic E-state index is 13.6. The van der Waals surface area contributed by atoms with Crippen molar-refractivity contribution < 1.29 is 18.3 Å². The van der Waals surface area contributed by atoms with Gasteiger partial charge in [0.25, 0.3) is 5.91 Å². The Balaban J connectivity index is 1.68. The summed E-state index contributed by atoms with van der Waals surface area (Å²) < 4.78 is 32.5. The van der Waals surface area contributed by atoms with Crippen LogP contribution < -0.4 is 5.73 Å². The van der Waals surface area contributed by atoms with E-state index in [0.29, 0.717) is 6.54 Å². The van der Waals surface area contributed by atoms with E-state index in [0.717, 1.165) is 17.5 Å². The van der Waals surface area contributed by atoms with Crippen LogP contribution in [0.3, 0.4) is 0 Å². The fourth-order valence-electron chi connectivity index (χ4n) is 3.96. The number of hydrogen-bond acceptors (Lipinski definition) is 3. The van der Waals surface area contributed by atoms with Crippen LogP contribution in [-0.4, -0.2) is 42.3 Å². The Hall–Kier alpha value is -2.31. The molecule has 0 unspecified atom stereocenters. The van der Waals surface area contributed by atoms with E-state index in [1.54, 1.807) is 17.0 Å². The van der Waals surface area contributed by atoms with Crippen LogP contribution in [0.1, 0.15) is 29.2 Å². The highest BCUT2D eigenvalue weighted by molar-refractivity contribution is 5.82. The molecule has 0 aliphatic carbocycles. The van der Waals surface area contributed by atoms with E-state index in [9.17, 15) is 13.6 Å². The van der Waals surface area contributed by atoms with Crippen LogP contribution in [0, 0.1) is 5.82 Å². The fraction of sp³-hybridized carbons (Fsp3) is 0.381. The summed E-state index contributed by atoms with van der Waals surface area (Å²) in [6, 6.07) is 13.1. The number of halogens is 2. The summed E-state index contributed by atoms with van der Waals surface area (Å²) in [6.07, 6.45) is -1.11. The number of fused-ring (bicyclic) bond motifs is 1. The Bertz CT molecular complexity index is 827. The first-order chi connectivity index (χ1) is 13.0. The number of nitrogens with two attached hydrogens (primary N) is 1. The lowest BCUT2D eigenvalue weighted by Gasteiger charge is -2.41. The molecule has 2 aromatic rings. The number of carbonyl (C=O) groups is 1. The van der Waals surface area contributed by atoms with E-state index in [2.05, 4.69) is 0 Å². The molecule has 1 saturated heterocycles. The minimum Gasteiger partial charge on any atom is -0.365 e. The van der Waals surface area contributed by atoms with Gasteiger partial charge in [0, 0.05) is 19.0 Å². The molecular weight excluding hydrogens is 350 g/mol. The zero-order valence-electron chi connectivity index (χ0n) is 14.9. The SMILES string of the molecule is N[C@@H]1C[C@H](C(=O)N2CCc3ccccc3[C@@H]2c2ccc(F)cc2)OC[C@H]1F. The van der Waals surface area contributed by atoms with Gasteiger partial charge in [-0.2, -0.15) is 0 Å². The molecule has 1 amide bonds. The number of alkyl halides is 1. The standard InChI is InChI=1S/C21H22F2N2O2/c22-15-7-5-14(6-8-15)20-16-4-2-1-3-13(16)9-10-25(20)21(26)19-11-18(24)17(23)12-27-19/h1-8,17-20H,9-12,24H2/t17-,18-,19-,20+/m1/s1. The molecule has 27 heavy (non-hydrogen) atoms. The molecule has 0 spiro atoms. The van der Waals surface area contributed by atoms with Crippen molar-refractivity contribution in [3.63, 3.8) is 0 Å². The first-order valence-corrected chi connectivity index (χ1v) is 9.19. The topological polar surface area (TPSA) is 55.6 Å². The van der Waals surface area contributed by atoms with Crippen LogP contribution in [-0.2, 0) is 16.0 Å².